The molecule has 1 aromatic carbocycles. The number of ether oxygens (including phenoxy) is 3. The van der Waals surface area contributed by atoms with Gasteiger partial charge in [0.1, 0.15) is 5.75 Å². The van der Waals surface area contributed by atoms with Crippen LogP contribution in [-0.4, -0.2) is 57.8 Å². The zero-order valence-electron chi connectivity index (χ0n) is 12.9. The van der Waals surface area contributed by atoms with Crippen LogP contribution in [0.2, 0.25) is 0 Å². The number of hydrogen-bond donors (Lipinski definition) is 1. The maximum atomic E-state index is 12.8. The number of piperazine rings is 1. The fraction of sp³-hybridized carbons (Fsp3) is 0.533. The van der Waals surface area contributed by atoms with E-state index in [1.807, 2.05) is 11.8 Å². The smallest absolute Gasteiger partial charge is 0.258 e. The Hall–Kier alpha value is -1.95. The molecular formula is C15H22N2O4. The van der Waals surface area contributed by atoms with E-state index in [1.54, 1.807) is 33.5 Å². The molecule has 116 valence electrons. The van der Waals surface area contributed by atoms with E-state index in [0.29, 0.717) is 29.4 Å². The van der Waals surface area contributed by atoms with Gasteiger partial charge in [-0.3, -0.25) is 4.79 Å². The molecule has 1 amide bonds. The number of methoxy groups -OCH3 is 3. The van der Waals surface area contributed by atoms with Crippen molar-refractivity contribution < 1.29 is 19.0 Å². The van der Waals surface area contributed by atoms with Crippen molar-refractivity contribution in [2.45, 2.75) is 13.0 Å². The van der Waals surface area contributed by atoms with E-state index >= 15 is 0 Å². The molecule has 0 bridgehead atoms. The molecule has 1 N–H and O–H groups in total. The molecule has 1 unspecified atom stereocenters. The molecule has 0 aromatic heterocycles. The van der Waals surface area contributed by atoms with E-state index in [1.165, 1.54) is 0 Å². The molecule has 1 aliphatic heterocycles. The summed E-state index contributed by atoms with van der Waals surface area (Å²) in [6.07, 6.45) is 0. The molecule has 0 aliphatic carbocycles. The van der Waals surface area contributed by atoms with Gasteiger partial charge in [-0.15, -0.1) is 0 Å². The highest BCUT2D eigenvalue weighted by Crippen LogP contribution is 2.35. The van der Waals surface area contributed by atoms with Crippen LogP contribution in [0, 0.1) is 0 Å². The van der Waals surface area contributed by atoms with Gasteiger partial charge in [-0.25, -0.2) is 0 Å². The molecule has 1 aromatic rings. The van der Waals surface area contributed by atoms with E-state index in [2.05, 4.69) is 5.32 Å². The molecule has 1 aliphatic rings. The van der Waals surface area contributed by atoms with Crippen molar-refractivity contribution in [3.63, 3.8) is 0 Å². The van der Waals surface area contributed by atoms with Crippen LogP contribution < -0.4 is 19.5 Å². The monoisotopic (exact) mass is 294 g/mol. The maximum absolute atomic E-state index is 12.8. The molecule has 0 saturated carbocycles. The maximum Gasteiger partial charge on any atom is 0.258 e. The van der Waals surface area contributed by atoms with Crippen molar-refractivity contribution in [3.8, 4) is 17.2 Å². The minimum atomic E-state index is -0.0539. The van der Waals surface area contributed by atoms with Crippen LogP contribution in [0.4, 0.5) is 0 Å². The molecule has 21 heavy (non-hydrogen) atoms. The first-order valence-corrected chi connectivity index (χ1v) is 6.94. The van der Waals surface area contributed by atoms with Gasteiger partial charge in [-0.05, 0) is 6.92 Å². The summed E-state index contributed by atoms with van der Waals surface area (Å²) in [5.74, 6) is 1.49. The highest BCUT2D eigenvalue weighted by Gasteiger charge is 2.27. The van der Waals surface area contributed by atoms with Crippen molar-refractivity contribution in [2.24, 2.45) is 0 Å². The zero-order valence-corrected chi connectivity index (χ0v) is 12.9. The summed E-state index contributed by atoms with van der Waals surface area (Å²) in [4.78, 5) is 14.6. The Bertz CT molecular complexity index is 519. The molecule has 0 radical (unpaired) electrons. The van der Waals surface area contributed by atoms with Crippen LogP contribution in [0.5, 0.6) is 17.2 Å². The molecule has 2 rings (SSSR count). The van der Waals surface area contributed by atoms with Gasteiger partial charge in [0.05, 0.1) is 26.9 Å². The van der Waals surface area contributed by atoms with Crippen molar-refractivity contribution >= 4 is 5.91 Å². The van der Waals surface area contributed by atoms with E-state index in [9.17, 15) is 4.79 Å². The predicted molar refractivity (Wildman–Crippen MR) is 79.5 cm³/mol. The molecule has 6 nitrogen and oxygen atoms in total. The molecule has 1 saturated heterocycles. The molecule has 1 fully saturated rings. The Balaban J connectivity index is 2.39. The van der Waals surface area contributed by atoms with Crippen molar-refractivity contribution in [2.75, 3.05) is 41.0 Å². The first-order valence-electron chi connectivity index (χ1n) is 6.94. The van der Waals surface area contributed by atoms with Gasteiger partial charge in [-0.2, -0.15) is 0 Å². The Labute approximate surface area is 125 Å². The lowest BCUT2D eigenvalue weighted by atomic mass is 10.1. The standard InChI is InChI=1S/C15H22N2O4/c1-10-9-16-5-6-17(10)15(18)11-7-13(20-3)14(21-4)8-12(11)19-2/h7-8,10,16H,5-6,9H2,1-4H3. The summed E-state index contributed by atoms with van der Waals surface area (Å²) in [5.41, 5.74) is 0.490. The number of hydrogen-bond acceptors (Lipinski definition) is 5. The molecular weight excluding hydrogens is 272 g/mol. The van der Waals surface area contributed by atoms with E-state index in [0.717, 1.165) is 13.1 Å². The highest BCUT2D eigenvalue weighted by atomic mass is 16.5. The average molecular weight is 294 g/mol. The molecule has 0 spiro atoms. The van der Waals surface area contributed by atoms with Gasteiger partial charge >= 0.3 is 0 Å². The Morgan fingerprint density at radius 2 is 1.76 bits per heavy atom. The number of carbonyl (C=O) groups is 1. The molecule has 1 atom stereocenters. The summed E-state index contributed by atoms with van der Waals surface area (Å²) in [6.45, 7) is 4.29. The van der Waals surface area contributed by atoms with Crippen LogP contribution in [0.25, 0.3) is 0 Å². The van der Waals surface area contributed by atoms with Gasteiger partial charge in [0.25, 0.3) is 5.91 Å². The van der Waals surface area contributed by atoms with Crippen molar-refractivity contribution in [3.05, 3.63) is 17.7 Å². The van der Waals surface area contributed by atoms with Gasteiger partial charge in [0.2, 0.25) is 0 Å². The van der Waals surface area contributed by atoms with Gasteiger partial charge in [-0.1, -0.05) is 0 Å². The second-order valence-electron chi connectivity index (χ2n) is 4.96. The summed E-state index contributed by atoms with van der Waals surface area (Å²) < 4.78 is 15.9. The Kier molecular flexibility index (Phi) is 4.90. The van der Waals surface area contributed by atoms with E-state index in [-0.39, 0.29) is 11.9 Å². The van der Waals surface area contributed by atoms with E-state index in [4.69, 9.17) is 14.2 Å². The Morgan fingerprint density at radius 1 is 1.14 bits per heavy atom. The van der Waals surface area contributed by atoms with Crippen LogP contribution in [0.3, 0.4) is 0 Å². The average Bonchev–Trinajstić information content (AvgIpc) is 2.53. The third kappa shape index (κ3) is 3.05. The second kappa shape index (κ2) is 6.67. The van der Waals surface area contributed by atoms with Gasteiger partial charge < -0.3 is 24.4 Å². The van der Waals surface area contributed by atoms with Crippen molar-refractivity contribution in [1.82, 2.24) is 10.2 Å². The number of benzene rings is 1. The Morgan fingerprint density at radius 3 is 2.33 bits per heavy atom. The second-order valence-corrected chi connectivity index (χ2v) is 4.96. The lowest BCUT2D eigenvalue weighted by molar-refractivity contribution is 0.0652. The number of nitrogens with one attached hydrogen (secondary N) is 1. The lowest BCUT2D eigenvalue weighted by Gasteiger charge is -2.34. The SMILES string of the molecule is COc1cc(OC)c(C(=O)N2CCNCC2C)cc1OC. The zero-order chi connectivity index (χ0) is 15.4. The van der Waals surface area contributed by atoms with Gasteiger partial charge in [0.15, 0.2) is 11.5 Å². The summed E-state index contributed by atoms with van der Waals surface area (Å²) in [6, 6.07) is 3.50. The normalized spacial score (nSPS) is 18.3. The fourth-order valence-corrected chi connectivity index (χ4v) is 2.49. The number of carbonyl (C=O) groups excluding carboxylic acids is 1. The van der Waals surface area contributed by atoms with Crippen LogP contribution in [-0.2, 0) is 0 Å². The third-order valence-electron chi connectivity index (χ3n) is 3.70. The molecule has 6 heteroatoms. The summed E-state index contributed by atoms with van der Waals surface area (Å²) in [7, 11) is 4.64. The first kappa shape index (κ1) is 15.4. The van der Waals surface area contributed by atoms with Crippen LogP contribution in [0.1, 0.15) is 17.3 Å². The summed E-state index contributed by atoms with van der Waals surface area (Å²) >= 11 is 0. The van der Waals surface area contributed by atoms with Crippen LogP contribution >= 0.6 is 0 Å². The highest BCUT2D eigenvalue weighted by molar-refractivity contribution is 5.98. The van der Waals surface area contributed by atoms with Crippen LogP contribution in [0.15, 0.2) is 12.1 Å². The minimum absolute atomic E-state index is 0.0539. The third-order valence-corrected chi connectivity index (χ3v) is 3.70. The lowest BCUT2D eigenvalue weighted by Crippen LogP contribution is -2.52. The molecule has 1 heterocycles. The number of amides is 1. The van der Waals surface area contributed by atoms with E-state index < -0.39 is 0 Å². The minimum Gasteiger partial charge on any atom is -0.496 e. The van der Waals surface area contributed by atoms with Gasteiger partial charge in [0, 0.05) is 37.8 Å². The topological polar surface area (TPSA) is 60.0 Å². The van der Waals surface area contributed by atoms with Crippen molar-refractivity contribution in [1.29, 1.82) is 0 Å². The number of nitrogens with zero attached hydrogens (tertiary/aromatic N) is 1. The quantitative estimate of drug-likeness (QED) is 0.902. The number of rotatable bonds is 4. The predicted octanol–water partition coefficient (Wildman–Crippen LogP) is 1.15. The first-order chi connectivity index (χ1) is 10.1. The fourth-order valence-electron chi connectivity index (χ4n) is 2.49. The summed E-state index contributed by atoms with van der Waals surface area (Å²) in [5, 5.41) is 3.27. The largest absolute Gasteiger partial charge is 0.496 e.